The molecule has 0 fully saturated rings. The Morgan fingerprint density at radius 3 is 2.85 bits per heavy atom. The van der Waals surface area contributed by atoms with Crippen LogP contribution in [0.25, 0.3) is 0 Å². The molecule has 0 unspecified atom stereocenters. The van der Waals surface area contributed by atoms with E-state index < -0.39 is 0 Å². The second kappa shape index (κ2) is 3.22. The van der Waals surface area contributed by atoms with Crippen molar-refractivity contribution in [1.29, 1.82) is 0 Å². The fourth-order valence-corrected chi connectivity index (χ4v) is 2.01. The molecule has 0 aromatic heterocycles. The molecule has 1 aliphatic heterocycles. The van der Waals surface area contributed by atoms with E-state index in [9.17, 15) is 0 Å². The molecule has 1 nitrogen and oxygen atoms in total. The van der Waals surface area contributed by atoms with Crippen LogP contribution in [0, 0.1) is 13.8 Å². The van der Waals surface area contributed by atoms with Gasteiger partial charge in [0, 0.05) is 5.02 Å². The maximum Gasteiger partial charge on any atom is 0.125 e. The van der Waals surface area contributed by atoms with Gasteiger partial charge in [-0.3, -0.25) is 0 Å². The molecule has 0 bridgehead atoms. The van der Waals surface area contributed by atoms with Crippen LogP contribution in [0.5, 0.6) is 5.75 Å². The monoisotopic (exact) mass is 196 g/mol. The van der Waals surface area contributed by atoms with E-state index in [1.807, 2.05) is 13.0 Å². The van der Waals surface area contributed by atoms with Crippen molar-refractivity contribution >= 4 is 11.6 Å². The third-order valence-electron chi connectivity index (χ3n) is 2.69. The van der Waals surface area contributed by atoms with E-state index in [-0.39, 0.29) is 0 Å². The zero-order valence-electron chi connectivity index (χ0n) is 7.98. The Hall–Kier alpha value is -0.690. The van der Waals surface area contributed by atoms with Crippen LogP contribution in [-0.4, -0.2) is 6.61 Å². The number of hydrogen-bond donors (Lipinski definition) is 0. The highest BCUT2D eigenvalue weighted by atomic mass is 35.5. The fraction of sp³-hybridized carbons (Fsp3) is 0.455. The summed E-state index contributed by atoms with van der Waals surface area (Å²) in [5.74, 6) is 1.06. The van der Waals surface area contributed by atoms with Crippen LogP contribution in [0.3, 0.4) is 0 Å². The van der Waals surface area contributed by atoms with Crippen molar-refractivity contribution in [3.8, 4) is 5.75 Å². The molecular weight excluding hydrogens is 184 g/mol. The van der Waals surface area contributed by atoms with Crippen molar-refractivity contribution in [3.05, 3.63) is 27.8 Å². The first-order chi connectivity index (χ1) is 6.20. The second-order valence-corrected chi connectivity index (χ2v) is 3.96. The van der Waals surface area contributed by atoms with Crippen molar-refractivity contribution in [2.75, 3.05) is 6.61 Å². The molecule has 0 spiro atoms. The van der Waals surface area contributed by atoms with Crippen LogP contribution in [0.1, 0.15) is 23.1 Å². The predicted molar refractivity (Wildman–Crippen MR) is 54.7 cm³/mol. The first-order valence-corrected chi connectivity index (χ1v) is 4.99. The first kappa shape index (κ1) is 8.89. The largest absolute Gasteiger partial charge is 0.493 e. The van der Waals surface area contributed by atoms with Crippen molar-refractivity contribution in [3.63, 3.8) is 0 Å². The van der Waals surface area contributed by atoms with Gasteiger partial charge in [0.25, 0.3) is 0 Å². The first-order valence-electron chi connectivity index (χ1n) is 4.61. The van der Waals surface area contributed by atoms with Gasteiger partial charge in [0.15, 0.2) is 0 Å². The van der Waals surface area contributed by atoms with Gasteiger partial charge in [-0.05, 0) is 49.4 Å². The Bertz CT molecular complexity index is 344. The maximum absolute atomic E-state index is 6.10. The molecule has 0 aliphatic carbocycles. The summed E-state index contributed by atoms with van der Waals surface area (Å²) in [6, 6.07) is 2.04. The van der Waals surface area contributed by atoms with E-state index in [1.54, 1.807) is 0 Å². The summed E-state index contributed by atoms with van der Waals surface area (Å²) >= 11 is 6.10. The molecule has 2 rings (SSSR count). The van der Waals surface area contributed by atoms with Crippen LogP contribution in [0.15, 0.2) is 6.07 Å². The smallest absolute Gasteiger partial charge is 0.125 e. The van der Waals surface area contributed by atoms with Gasteiger partial charge in [-0.1, -0.05) is 11.6 Å². The molecule has 1 heterocycles. The SMILES string of the molecule is Cc1c(Cl)cc2c(c1C)OCCC2. The minimum absolute atomic E-state index is 0.842. The summed E-state index contributed by atoms with van der Waals surface area (Å²) in [5.41, 5.74) is 3.60. The van der Waals surface area contributed by atoms with Crippen LogP contribution >= 0.6 is 11.6 Å². The molecular formula is C11H13ClO. The predicted octanol–water partition coefficient (Wildman–Crippen LogP) is 3.28. The van der Waals surface area contributed by atoms with E-state index in [2.05, 4.69) is 6.92 Å². The summed E-state index contributed by atoms with van der Waals surface area (Å²) in [7, 11) is 0. The molecule has 0 saturated carbocycles. The molecule has 0 radical (unpaired) electrons. The van der Waals surface area contributed by atoms with E-state index in [1.165, 1.54) is 11.1 Å². The minimum Gasteiger partial charge on any atom is -0.493 e. The van der Waals surface area contributed by atoms with Gasteiger partial charge in [0.1, 0.15) is 5.75 Å². The minimum atomic E-state index is 0.842. The molecule has 0 N–H and O–H groups in total. The standard InChI is InChI=1S/C11H13ClO/c1-7-8(2)11-9(6-10(7)12)4-3-5-13-11/h6H,3-5H2,1-2H3. The lowest BCUT2D eigenvalue weighted by Gasteiger charge is -2.21. The number of aryl methyl sites for hydroxylation is 1. The number of hydrogen-bond acceptors (Lipinski definition) is 1. The van der Waals surface area contributed by atoms with Crippen LogP contribution < -0.4 is 4.74 Å². The zero-order chi connectivity index (χ0) is 9.42. The third-order valence-corrected chi connectivity index (χ3v) is 3.08. The van der Waals surface area contributed by atoms with Crippen LogP contribution in [0.4, 0.5) is 0 Å². The van der Waals surface area contributed by atoms with Crippen LogP contribution in [-0.2, 0) is 6.42 Å². The van der Waals surface area contributed by atoms with Crippen molar-refractivity contribution < 1.29 is 4.74 Å². The molecule has 70 valence electrons. The number of ether oxygens (including phenoxy) is 1. The van der Waals surface area contributed by atoms with Crippen molar-refractivity contribution in [2.45, 2.75) is 26.7 Å². The molecule has 0 saturated heterocycles. The number of fused-ring (bicyclic) bond motifs is 1. The lowest BCUT2D eigenvalue weighted by molar-refractivity contribution is 0.286. The van der Waals surface area contributed by atoms with Crippen LogP contribution in [0.2, 0.25) is 5.02 Å². The Morgan fingerprint density at radius 2 is 2.08 bits per heavy atom. The summed E-state index contributed by atoms with van der Waals surface area (Å²) in [6.07, 6.45) is 2.20. The quantitative estimate of drug-likeness (QED) is 0.619. The Kier molecular flexibility index (Phi) is 2.20. The molecule has 1 aromatic carbocycles. The Balaban J connectivity index is 2.60. The lowest BCUT2D eigenvalue weighted by Crippen LogP contribution is -2.10. The summed E-state index contributed by atoms with van der Waals surface area (Å²) in [5, 5.41) is 0.863. The number of halogens is 1. The molecule has 1 aliphatic rings. The van der Waals surface area contributed by atoms with E-state index in [0.29, 0.717) is 0 Å². The van der Waals surface area contributed by atoms with E-state index >= 15 is 0 Å². The maximum atomic E-state index is 6.10. The highest BCUT2D eigenvalue weighted by molar-refractivity contribution is 6.31. The van der Waals surface area contributed by atoms with Gasteiger partial charge in [-0.2, -0.15) is 0 Å². The van der Waals surface area contributed by atoms with Gasteiger partial charge in [0.05, 0.1) is 6.61 Å². The zero-order valence-corrected chi connectivity index (χ0v) is 8.74. The normalized spacial score (nSPS) is 15.0. The second-order valence-electron chi connectivity index (χ2n) is 3.55. The fourth-order valence-electron chi connectivity index (χ4n) is 1.74. The molecule has 2 heteroatoms. The Morgan fingerprint density at radius 1 is 1.31 bits per heavy atom. The highest BCUT2D eigenvalue weighted by Gasteiger charge is 2.15. The summed E-state index contributed by atoms with van der Waals surface area (Å²) in [6.45, 7) is 4.95. The van der Waals surface area contributed by atoms with Crippen molar-refractivity contribution in [2.24, 2.45) is 0 Å². The molecule has 0 amide bonds. The van der Waals surface area contributed by atoms with Gasteiger partial charge in [-0.25, -0.2) is 0 Å². The number of rotatable bonds is 0. The highest BCUT2D eigenvalue weighted by Crippen LogP contribution is 2.34. The topological polar surface area (TPSA) is 9.23 Å². The summed E-state index contributed by atoms with van der Waals surface area (Å²) in [4.78, 5) is 0. The number of benzene rings is 1. The van der Waals surface area contributed by atoms with E-state index in [0.717, 1.165) is 35.8 Å². The van der Waals surface area contributed by atoms with Gasteiger partial charge in [0.2, 0.25) is 0 Å². The van der Waals surface area contributed by atoms with Gasteiger partial charge in [-0.15, -0.1) is 0 Å². The molecule has 1 aromatic rings. The third kappa shape index (κ3) is 1.42. The summed E-state index contributed by atoms with van der Waals surface area (Å²) < 4.78 is 5.63. The van der Waals surface area contributed by atoms with Gasteiger partial charge >= 0.3 is 0 Å². The average molecular weight is 197 g/mol. The lowest BCUT2D eigenvalue weighted by atomic mass is 9.99. The van der Waals surface area contributed by atoms with Crippen molar-refractivity contribution in [1.82, 2.24) is 0 Å². The van der Waals surface area contributed by atoms with Gasteiger partial charge < -0.3 is 4.74 Å². The molecule has 0 atom stereocenters. The molecule has 13 heavy (non-hydrogen) atoms. The average Bonchev–Trinajstić information content (AvgIpc) is 2.15. The van der Waals surface area contributed by atoms with E-state index in [4.69, 9.17) is 16.3 Å². The Labute approximate surface area is 83.7 Å².